The third kappa shape index (κ3) is 12.0. The summed E-state index contributed by atoms with van der Waals surface area (Å²) < 4.78 is 39.2. The Kier molecular flexibility index (Phi) is 7.37. The SMILES string of the molecule is CC(Cl)CCCCCOCC(F)(F)F. The number of unbranched alkanes of at least 4 members (excludes halogenated alkanes) is 2. The molecule has 0 amide bonds. The molecule has 0 aliphatic heterocycles. The molecule has 14 heavy (non-hydrogen) atoms. The molecule has 0 rings (SSSR count). The normalized spacial score (nSPS) is 14.4. The molecule has 1 unspecified atom stereocenters. The number of ether oxygens (including phenoxy) is 1. The summed E-state index contributed by atoms with van der Waals surface area (Å²) >= 11 is 5.70. The Morgan fingerprint density at radius 1 is 1.21 bits per heavy atom. The van der Waals surface area contributed by atoms with E-state index in [1.54, 1.807) is 0 Å². The molecule has 0 heterocycles. The van der Waals surface area contributed by atoms with Gasteiger partial charge in [0.1, 0.15) is 6.61 Å². The molecule has 0 aliphatic rings. The van der Waals surface area contributed by atoms with Crippen LogP contribution in [-0.4, -0.2) is 24.8 Å². The van der Waals surface area contributed by atoms with Crippen molar-refractivity contribution in [1.82, 2.24) is 0 Å². The highest BCUT2D eigenvalue weighted by Gasteiger charge is 2.26. The predicted molar refractivity (Wildman–Crippen MR) is 50.7 cm³/mol. The summed E-state index contributed by atoms with van der Waals surface area (Å²) in [5.41, 5.74) is 0. The van der Waals surface area contributed by atoms with E-state index in [0.29, 0.717) is 6.42 Å². The molecule has 0 spiro atoms. The van der Waals surface area contributed by atoms with Crippen LogP contribution in [0.5, 0.6) is 0 Å². The lowest BCUT2D eigenvalue weighted by Gasteiger charge is -2.07. The first-order chi connectivity index (χ1) is 6.42. The van der Waals surface area contributed by atoms with Gasteiger partial charge in [-0.2, -0.15) is 13.2 Å². The Bertz CT molecular complexity index is 137. The van der Waals surface area contributed by atoms with Crippen molar-refractivity contribution in [2.45, 2.75) is 44.2 Å². The van der Waals surface area contributed by atoms with Gasteiger partial charge in [-0.25, -0.2) is 0 Å². The molecule has 1 atom stereocenters. The van der Waals surface area contributed by atoms with E-state index in [1.807, 2.05) is 6.92 Å². The quantitative estimate of drug-likeness (QED) is 0.480. The van der Waals surface area contributed by atoms with Crippen LogP contribution in [-0.2, 0) is 4.74 Å². The molecule has 0 saturated heterocycles. The third-order valence-corrected chi connectivity index (χ3v) is 1.87. The lowest BCUT2D eigenvalue weighted by molar-refractivity contribution is -0.174. The molecule has 0 aromatic rings. The third-order valence-electron chi connectivity index (χ3n) is 1.66. The smallest absolute Gasteiger partial charge is 0.372 e. The van der Waals surface area contributed by atoms with Crippen molar-refractivity contribution in [3.63, 3.8) is 0 Å². The molecule has 0 bridgehead atoms. The molecule has 1 nitrogen and oxygen atoms in total. The van der Waals surface area contributed by atoms with Crippen LogP contribution in [0.15, 0.2) is 0 Å². The maximum Gasteiger partial charge on any atom is 0.411 e. The molecular formula is C9H16ClF3O. The van der Waals surface area contributed by atoms with Gasteiger partial charge >= 0.3 is 6.18 Å². The Morgan fingerprint density at radius 2 is 1.86 bits per heavy atom. The highest BCUT2D eigenvalue weighted by atomic mass is 35.5. The molecule has 86 valence electrons. The van der Waals surface area contributed by atoms with E-state index in [2.05, 4.69) is 4.74 Å². The number of halogens is 4. The Hall–Kier alpha value is 0.0400. The van der Waals surface area contributed by atoms with Crippen LogP contribution in [0.2, 0.25) is 0 Å². The molecule has 0 N–H and O–H groups in total. The zero-order valence-corrected chi connectivity index (χ0v) is 9.00. The van der Waals surface area contributed by atoms with E-state index in [-0.39, 0.29) is 12.0 Å². The monoisotopic (exact) mass is 232 g/mol. The average molecular weight is 233 g/mol. The zero-order valence-electron chi connectivity index (χ0n) is 8.24. The van der Waals surface area contributed by atoms with Crippen LogP contribution in [0.4, 0.5) is 13.2 Å². The van der Waals surface area contributed by atoms with Crippen molar-refractivity contribution in [3.05, 3.63) is 0 Å². The van der Waals surface area contributed by atoms with Gasteiger partial charge in [0.05, 0.1) is 0 Å². The minimum atomic E-state index is -4.20. The fraction of sp³-hybridized carbons (Fsp3) is 1.00. The van der Waals surface area contributed by atoms with E-state index < -0.39 is 12.8 Å². The van der Waals surface area contributed by atoms with Crippen LogP contribution in [0.25, 0.3) is 0 Å². The summed E-state index contributed by atoms with van der Waals surface area (Å²) in [6, 6.07) is 0. The summed E-state index contributed by atoms with van der Waals surface area (Å²) in [5.74, 6) is 0. The lowest BCUT2D eigenvalue weighted by Crippen LogP contribution is -2.17. The van der Waals surface area contributed by atoms with Gasteiger partial charge in [0, 0.05) is 12.0 Å². The Labute approximate surface area is 87.6 Å². The van der Waals surface area contributed by atoms with Crippen molar-refractivity contribution < 1.29 is 17.9 Å². The van der Waals surface area contributed by atoms with E-state index in [0.717, 1.165) is 19.3 Å². The minimum absolute atomic E-state index is 0.145. The number of hydrogen-bond donors (Lipinski definition) is 0. The Balaban J connectivity index is 3.07. The van der Waals surface area contributed by atoms with Gasteiger partial charge in [0.15, 0.2) is 0 Å². The number of rotatable bonds is 7. The van der Waals surface area contributed by atoms with Crippen LogP contribution in [0.3, 0.4) is 0 Å². The minimum Gasteiger partial charge on any atom is -0.372 e. The first kappa shape index (κ1) is 14.0. The summed E-state index contributed by atoms with van der Waals surface area (Å²) in [6.07, 6.45) is -0.819. The maximum atomic E-state index is 11.6. The summed E-state index contributed by atoms with van der Waals surface area (Å²) in [4.78, 5) is 0. The lowest BCUT2D eigenvalue weighted by atomic mass is 10.2. The van der Waals surface area contributed by atoms with Crippen LogP contribution >= 0.6 is 11.6 Å². The largest absolute Gasteiger partial charge is 0.411 e. The molecule has 0 radical (unpaired) electrons. The fourth-order valence-corrected chi connectivity index (χ4v) is 1.15. The zero-order chi connectivity index (χ0) is 11.0. The Morgan fingerprint density at radius 3 is 2.36 bits per heavy atom. The van der Waals surface area contributed by atoms with Crippen LogP contribution < -0.4 is 0 Å². The summed E-state index contributed by atoms with van der Waals surface area (Å²) in [6.45, 7) is 0.941. The van der Waals surface area contributed by atoms with E-state index in [9.17, 15) is 13.2 Å². The van der Waals surface area contributed by atoms with Gasteiger partial charge in [-0.1, -0.05) is 12.8 Å². The number of hydrogen-bond acceptors (Lipinski definition) is 1. The maximum absolute atomic E-state index is 11.6. The van der Waals surface area contributed by atoms with Gasteiger partial charge in [0.2, 0.25) is 0 Å². The molecule has 0 aliphatic carbocycles. The molecular weight excluding hydrogens is 217 g/mol. The summed E-state index contributed by atoms with van der Waals surface area (Å²) in [5, 5.41) is 0.145. The fourth-order valence-electron chi connectivity index (χ4n) is 0.994. The van der Waals surface area contributed by atoms with Crippen molar-refractivity contribution in [2.24, 2.45) is 0 Å². The first-order valence-electron chi connectivity index (χ1n) is 4.70. The molecule has 0 aromatic heterocycles. The topological polar surface area (TPSA) is 9.23 Å². The highest BCUT2D eigenvalue weighted by Crippen LogP contribution is 2.15. The van der Waals surface area contributed by atoms with Crippen LogP contribution in [0, 0.1) is 0 Å². The van der Waals surface area contributed by atoms with Crippen molar-refractivity contribution >= 4 is 11.6 Å². The number of alkyl halides is 4. The van der Waals surface area contributed by atoms with Gasteiger partial charge in [-0.15, -0.1) is 11.6 Å². The van der Waals surface area contributed by atoms with E-state index in [1.165, 1.54) is 0 Å². The highest BCUT2D eigenvalue weighted by molar-refractivity contribution is 6.20. The van der Waals surface area contributed by atoms with Gasteiger partial charge in [-0.3, -0.25) is 0 Å². The van der Waals surface area contributed by atoms with Gasteiger partial charge in [-0.05, 0) is 19.8 Å². The molecule has 0 aromatic carbocycles. The van der Waals surface area contributed by atoms with Gasteiger partial charge < -0.3 is 4.74 Å². The second-order valence-electron chi connectivity index (χ2n) is 3.30. The van der Waals surface area contributed by atoms with Crippen molar-refractivity contribution in [2.75, 3.05) is 13.2 Å². The van der Waals surface area contributed by atoms with E-state index >= 15 is 0 Å². The second kappa shape index (κ2) is 7.35. The average Bonchev–Trinajstić information content (AvgIpc) is 2.00. The molecule has 0 fully saturated rings. The van der Waals surface area contributed by atoms with Crippen molar-refractivity contribution in [3.8, 4) is 0 Å². The first-order valence-corrected chi connectivity index (χ1v) is 5.14. The van der Waals surface area contributed by atoms with E-state index in [4.69, 9.17) is 11.6 Å². The molecule has 0 saturated carbocycles. The van der Waals surface area contributed by atoms with Crippen LogP contribution in [0.1, 0.15) is 32.6 Å². The van der Waals surface area contributed by atoms with Gasteiger partial charge in [0.25, 0.3) is 0 Å². The summed E-state index contributed by atoms with van der Waals surface area (Å²) in [7, 11) is 0. The molecule has 5 heteroatoms. The second-order valence-corrected chi connectivity index (χ2v) is 4.04. The standard InChI is InChI=1S/C9H16ClF3O/c1-8(10)5-3-2-4-6-14-7-9(11,12)13/h8H,2-7H2,1H3. The van der Waals surface area contributed by atoms with Crippen molar-refractivity contribution in [1.29, 1.82) is 0 Å². The predicted octanol–water partition coefficient (Wildman–Crippen LogP) is 3.75.